The van der Waals surface area contributed by atoms with Crippen molar-refractivity contribution in [2.75, 3.05) is 13.4 Å². The van der Waals surface area contributed by atoms with Crippen molar-refractivity contribution in [3.63, 3.8) is 0 Å². The second-order valence-corrected chi connectivity index (χ2v) is 5.53. The molecule has 1 saturated carbocycles. The van der Waals surface area contributed by atoms with Gasteiger partial charge in [-0.25, -0.2) is 0 Å². The molecule has 0 spiro atoms. The number of ether oxygens (including phenoxy) is 1. The lowest BCUT2D eigenvalue weighted by Crippen LogP contribution is -2.40. The quantitative estimate of drug-likeness (QED) is 0.606. The third kappa shape index (κ3) is 2.49. The number of methoxy groups -OCH3 is 1. The predicted molar refractivity (Wildman–Crippen MR) is 70.2 cm³/mol. The fraction of sp³-hybridized carbons (Fsp3) is 0.500. The Labute approximate surface area is 107 Å². The Kier molecular flexibility index (Phi) is 3.77. The van der Waals surface area contributed by atoms with E-state index in [1.54, 1.807) is 11.8 Å². The molecule has 92 valence electrons. The smallest absolute Gasteiger partial charge is 0.312 e. The van der Waals surface area contributed by atoms with Gasteiger partial charge in [-0.05, 0) is 43.2 Å². The number of hydrogen-bond acceptors (Lipinski definition) is 3. The highest BCUT2D eigenvalue weighted by Crippen LogP contribution is 2.44. The minimum absolute atomic E-state index is 0.0438. The minimum Gasteiger partial charge on any atom is -0.469 e. The number of benzene rings is 1. The van der Waals surface area contributed by atoms with Crippen LogP contribution in [0, 0.1) is 5.41 Å². The molecule has 0 bridgehead atoms. The summed E-state index contributed by atoms with van der Waals surface area (Å²) in [6.07, 6.45) is 5.94. The molecule has 0 aliphatic heterocycles. The van der Waals surface area contributed by atoms with Crippen LogP contribution in [0.4, 0.5) is 0 Å². The number of carbonyl (C=O) groups is 1. The van der Waals surface area contributed by atoms with Crippen LogP contribution in [0.15, 0.2) is 29.2 Å². The molecule has 0 amide bonds. The average Bonchev–Trinajstić information content (AvgIpc) is 2.33. The van der Waals surface area contributed by atoms with Gasteiger partial charge in [-0.3, -0.25) is 4.79 Å². The molecule has 1 aliphatic carbocycles. The van der Waals surface area contributed by atoms with E-state index in [0.717, 1.165) is 25.7 Å². The largest absolute Gasteiger partial charge is 0.469 e. The molecule has 1 aromatic carbocycles. The van der Waals surface area contributed by atoms with Crippen molar-refractivity contribution in [3.05, 3.63) is 29.8 Å². The molecule has 0 N–H and O–H groups in total. The molecule has 1 aromatic rings. The SMILES string of the molecule is COC(=O)C1(Cc2ccc(SC)cc2)CCC1. The minimum atomic E-state index is -0.240. The van der Waals surface area contributed by atoms with Gasteiger partial charge >= 0.3 is 5.97 Å². The first-order chi connectivity index (χ1) is 8.20. The molecule has 1 fully saturated rings. The molecule has 1 aliphatic rings. The maximum atomic E-state index is 11.8. The number of rotatable bonds is 4. The van der Waals surface area contributed by atoms with Gasteiger partial charge in [0.05, 0.1) is 12.5 Å². The molecule has 3 heteroatoms. The highest BCUT2D eigenvalue weighted by atomic mass is 32.2. The fourth-order valence-electron chi connectivity index (χ4n) is 2.41. The molecule has 0 saturated heterocycles. The van der Waals surface area contributed by atoms with E-state index in [1.807, 2.05) is 0 Å². The number of esters is 1. The van der Waals surface area contributed by atoms with Gasteiger partial charge in [0.25, 0.3) is 0 Å². The van der Waals surface area contributed by atoms with Crippen molar-refractivity contribution in [1.82, 2.24) is 0 Å². The molecular formula is C14H18O2S. The average molecular weight is 250 g/mol. The van der Waals surface area contributed by atoms with Gasteiger partial charge in [-0.1, -0.05) is 18.6 Å². The maximum Gasteiger partial charge on any atom is 0.312 e. The van der Waals surface area contributed by atoms with Crippen LogP contribution in [0.5, 0.6) is 0 Å². The van der Waals surface area contributed by atoms with Crippen molar-refractivity contribution in [2.24, 2.45) is 5.41 Å². The van der Waals surface area contributed by atoms with Gasteiger partial charge < -0.3 is 4.74 Å². The highest BCUT2D eigenvalue weighted by molar-refractivity contribution is 7.98. The van der Waals surface area contributed by atoms with Crippen molar-refractivity contribution in [3.8, 4) is 0 Å². The summed E-state index contributed by atoms with van der Waals surface area (Å²) in [5.41, 5.74) is 0.989. The molecule has 0 radical (unpaired) electrons. The molecule has 0 heterocycles. The van der Waals surface area contributed by atoms with Crippen LogP contribution < -0.4 is 0 Å². The van der Waals surface area contributed by atoms with Crippen molar-refractivity contribution < 1.29 is 9.53 Å². The molecule has 0 unspecified atom stereocenters. The van der Waals surface area contributed by atoms with Crippen LogP contribution in [0.25, 0.3) is 0 Å². The van der Waals surface area contributed by atoms with E-state index in [9.17, 15) is 4.79 Å². The highest BCUT2D eigenvalue weighted by Gasteiger charge is 2.45. The molecule has 0 atom stereocenters. The third-order valence-corrected chi connectivity index (χ3v) is 4.37. The second kappa shape index (κ2) is 5.13. The van der Waals surface area contributed by atoms with Crippen LogP contribution in [-0.4, -0.2) is 19.3 Å². The lowest BCUT2D eigenvalue weighted by molar-refractivity contribution is -0.158. The van der Waals surface area contributed by atoms with E-state index < -0.39 is 0 Å². The number of carbonyl (C=O) groups excluding carboxylic acids is 1. The predicted octanol–water partition coefficient (Wildman–Crippen LogP) is 3.29. The number of hydrogen-bond donors (Lipinski definition) is 0. The van der Waals surface area contributed by atoms with E-state index in [2.05, 4.69) is 30.5 Å². The van der Waals surface area contributed by atoms with Crippen molar-refractivity contribution in [1.29, 1.82) is 0 Å². The summed E-state index contributed by atoms with van der Waals surface area (Å²) >= 11 is 1.73. The molecule has 0 aromatic heterocycles. The van der Waals surface area contributed by atoms with Gasteiger partial charge in [0, 0.05) is 4.90 Å². The van der Waals surface area contributed by atoms with Crippen molar-refractivity contribution >= 4 is 17.7 Å². The summed E-state index contributed by atoms with van der Waals surface area (Å²) in [7, 11) is 1.49. The Morgan fingerprint density at radius 1 is 1.35 bits per heavy atom. The standard InChI is InChI=1S/C14H18O2S/c1-16-13(15)14(8-3-9-14)10-11-4-6-12(17-2)7-5-11/h4-7H,3,8-10H2,1-2H3. The Bertz CT molecular complexity index is 393. The Morgan fingerprint density at radius 2 is 2.00 bits per heavy atom. The fourth-order valence-corrected chi connectivity index (χ4v) is 2.82. The van der Waals surface area contributed by atoms with Crippen LogP contribution in [0.3, 0.4) is 0 Å². The van der Waals surface area contributed by atoms with E-state index in [-0.39, 0.29) is 11.4 Å². The summed E-state index contributed by atoms with van der Waals surface area (Å²) in [6.45, 7) is 0. The van der Waals surface area contributed by atoms with Crippen molar-refractivity contribution in [2.45, 2.75) is 30.6 Å². The second-order valence-electron chi connectivity index (χ2n) is 4.65. The van der Waals surface area contributed by atoms with E-state index in [1.165, 1.54) is 17.6 Å². The Balaban J connectivity index is 2.10. The summed E-state index contributed by atoms with van der Waals surface area (Å²) in [5.74, 6) is -0.0438. The van der Waals surface area contributed by atoms with Crippen LogP contribution in [0.2, 0.25) is 0 Å². The normalized spacial score (nSPS) is 17.3. The summed E-state index contributed by atoms with van der Waals surface area (Å²) < 4.78 is 4.93. The first kappa shape index (κ1) is 12.5. The van der Waals surface area contributed by atoms with Gasteiger partial charge in [0.2, 0.25) is 0 Å². The van der Waals surface area contributed by atoms with Gasteiger partial charge in [0.1, 0.15) is 0 Å². The lowest BCUT2D eigenvalue weighted by atomic mass is 9.65. The Morgan fingerprint density at radius 3 is 2.41 bits per heavy atom. The van der Waals surface area contributed by atoms with Crippen LogP contribution in [0.1, 0.15) is 24.8 Å². The molecular weight excluding hydrogens is 232 g/mol. The summed E-state index contributed by atoms with van der Waals surface area (Å²) in [5, 5.41) is 0. The first-order valence-corrected chi connectivity index (χ1v) is 7.14. The zero-order valence-electron chi connectivity index (χ0n) is 10.4. The summed E-state index contributed by atoms with van der Waals surface area (Å²) in [6, 6.07) is 8.47. The summed E-state index contributed by atoms with van der Waals surface area (Å²) in [4.78, 5) is 13.1. The molecule has 17 heavy (non-hydrogen) atoms. The van der Waals surface area contributed by atoms with E-state index in [4.69, 9.17) is 4.74 Å². The Hall–Kier alpha value is -0.960. The maximum absolute atomic E-state index is 11.8. The first-order valence-electron chi connectivity index (χ1n) is 5.91. The van der Waals surface area contributed by atoms with Gasteiger partial charge in [-0.15, -0.1) is 11.8 Å². The zero-order chi connectivity index (χ0) is 12.3. The van der Waals surface area contributed by atoms with Gasteiger partial charge in [0.15, 0.2) is 0 Å². The van der Waals surface area contributed by atoms with E-state index >= 15 is 0 Å². The van der Waals surface area contributed by atoms with E-state index in [0.29, 0.717) is 0 Å². The van der Waals surface area contributed by atoms with Crippen LogP contribution in [-0.2, 0) is 16.0 Å². The topological polar surface area (TPSA) is 26.3 Å². The third-order valence-electron chi connectivity index (χ3n) is 3.63. The van der Waals surface area contributed by atoms with Crippen LogP contribution >= 0.6 is 11.8 Å². The molecule has 2 nitrogen and oxygen atoms in total. The molecule has 2 rings (SSSR count). The zero-order valence-corrected chi connectivity index (χ0v) is 11.2. The monoisotopic (exact) mass is 250 g/mol. The van der Waals surface area contributed by atoms with Gasteiger partial charge in [-0.2, -0.15) is 0 Å². The number of thioether (sulfide) groups is 1. The lowest BCUT2D eigenvalue weighted by Gasteiger charge is -2.39.